The molecule has 1 fully saturated rings. The molecule has 1 heterocycles. The van der Waals surface area contributed by atoms with Crippen LogP contribution in [0.3, 0.4) is 0 Å². The molecular weight excluding hydrogens is 267 g/mol. The fourth-order valence-corrected chi connectivity index (χ4v) is 2.88. The highest BCUT2D eigenvalue weighted by atomic mass is 19.1. The molecule has 1 aromatic carbocycles. The molecule has 0 saturated carbocycles. The first-order valence-corrected chi connectivity index (χ1v) is 7.86. The summed E-state index contributed by atoms with van der Waals surface area (Å²) in [4.78, 5) is 14.4. The summed E-state index contributed by atoms with van der Waals surface area (Å²) in [6, 6.07) is 5.25. The van der Waals surface area contributed by atoms with Gasteiger partial charge < -0.3 is 10.2 Å². The van der Waals surface area contributed by atoms with Gasteiger partial charge in [0.05, 0.1) is 5.56 Å². The molecule has 0 spiro atoms. The Kier molecular flexibility index (Phi) is 5.74. The Hall–Kier alpha value is -1.42. The standard InChI is InChI=1S/C17H25FN2O/c1-13-7-8-16(18)15(12-13)17(21)19-9-5-11-20-10-4-3-6-14(20)2/h7-8,12,14H,3-6,9-11H2,1-2H3,(H,19,21). The van der Waals surface area contributed by atoms with Gasteiger partial charge in [-0.05, 0) is 51.8 Å². The minimum Gasteiger partial charge on any atom is -0.352 e. The lowest BCUT2D eigenvalue weighted by Gasteiger charge is -2.33. The summed E-state index contributed by atoms with van der Waals surface area (Å²) in [5.41, 5.74) is 1.03. The van der Waals surface area contributed by atoms with Crippen LogP contribution in [0.2, 0.25) is 0 Å². The zero-order valence-electron chi connectivity index (χ0n) is 13.0. The number of carbonyl (C=O) groups is 1. The third-order valence-corrected chi connectivity index (χ3v) is 4.21. The molecule has 116 valence electrons. The highest BCUT2D eigenvalue weighted by Crippen LogP contribution is 2.16. The topological polar surface area (TPSA) is 32.3 Å². The van der Waals surface area contributed by atoms with Gasteiger partial charge in [0.15, 0.2) is 0 Å². The zero-order chi connectivity index (χ0) is 15.2. The summed E-state index contributed by atoms with van der Waals surface area (Å²) in [7, 11) is 0. The molecular formula is C17H25FN2O. The minimum absolute atomic E-state index is 0.140. The molecule has 4 heteroatoms. The predicted molar refractivity (Wildman–Crippen MR) is 83.0 cm³/mol. The Labute approximate surface area is 126 Å². The third-order valence-electron chi connectivity index (χ3n) is 4.21. The summed E-state index contributed by atoms with van der Waals surface area (Å²) >= 11 is 0. The van der Waals surface area contributed by atoms with E-state index in [-0.39, 0.29) is 11.5 Å². The number of benzene rings is 1. The number of likely N-dealkylation sites (tertiary alicyclic amines) is 1. The maximum Gasteiger partial charge on any atom is 0.254 e. The van der Waals surface area contributed by atoms with E-state index in [0.717, 1.165) is 25.1 Å². The average molecular weight is 292 g/mol. The van der Waals surface area contributed by atoms with Crippen molar-refractivity contribution in [1.82, 2.24) is 10.2 Å². The molecule has 1 saturated heterocycles. The van der Waals surface area contributed by atoms with E-state index in [9.17, 15) is 9.18 Å². The van der Waals surface area contributed by atoms with Crippen LogP contribution < -0.4 is 5.32 Å². The summed E-state index contributed by atoms with van der Waals surface area (Å²) in [5, 5.41) is 2.82. The smallest absolute Gasteiger partial charge is 0.254 e. The molecule has 21 heavy (non-hydrogen) atoms. The Morgan fingerprint density at radius 2 is 2.24 bits per heavy atom. The first kappa shape index (κ1) is 16.0. The molecule has 1 aromatic rings. The molecule has 0 aliphatic carbocycles. The molecule has 2 rings (SSSR count). The zero-order valence-corrected chi connectivity index (χ0v) is 13.0. The van der Waals surface area contributed by atoms with Crippen LogP contribution in [0.15, 0.2) is 18.2 Å². The molecule has 1 aliphatic rings. The van der Waals surface area contributed by atoms with Crippen LogP contribution in [0.4, 0.5) is 4.39 Å². The van der Waals surface area contributed by atoms with Crippen LogP contribution in [0.5, 0.6) is 0 Å². The van der Waals surface area contributed by atoms with Gasteiger partial charge >= 0.3 is 0 Å². The van der Waals surface area contributed by atoms with Crippen molar-refractivity contribution in [2.45, 2.75) is 45.6 Å². The number of piperidine rings is 1. The first-order valence-electron chi connectivity index (χ1n) is 7.86. The van der Waals surface area contributed by atoms with Crippen molar-refractivity contribution in [3.63, 3.8) is 0 Å². The lowest BCUT2D eigenvalue weighted by molar-refractivity contribution is 0.0945. The van der Waals surface area contributed by atoms with Gasteiger partial charge in [0.2, 0.25) is 0 Å². The molecule has 0 aromatic heterocycles. The highest BCUT2D eigenvalue weighted by molar-refractivity contribution is 5.94. The number of amides is 1. The second kappa shape index (κ2) is 7.55. The number of aryl methyl sites for hydroxylation is 1. The molecule has 1 amide bonds. The summed E-state index contributed by atoms with van der Waals surface area (Å²) < 4.78 is 13.6. The van der Waals surface area contributed by atoms with E-state index in [4.69, 9.17) is 0 Å². The summed E-state index contributed by atoms with van der Waals surface area (Å²) in [6.07, 6.45) is 4.76. The van der Waals surface area contributed by atoms with Crippen molar-refractivity contribution in [1.29, 1.82) is 0 Å². The Morgan fingerprint density at radius 1 is 1.43 bits per heavy atom. The number of hydrogen-bond donors (Lipinski definition) is 1. The number of rotatable bonds is 5. The van der Waals surface area contributed by atoms with Gasteiger partial charge in [-0.1, -0.05) is 18.1 Å². The molecule has 0 radical (unpaired) electrons. The number of nitrogens with one attached hydrogen (secondary N) is 1. The number of hydrogen-bond acceptors (Lipinski definition) is 2. The number of halogens is 1. The number of carbonyl (C=O) groups excluding carboxylic acids is 1. The number of nitrogens with zero attached hydrogens (tertiary/aromatic N) is 1. The second-order valence-electron chi connectivity index (χ2n) is 5.97. The van der Waals surface area contributed by atoms with E-state index in [0.29, 0.717) is 12.6 Å². The van der Waals surface area contributed by atoms with Gasteiger partial charge in [0.25, 0.3) is 5.91 Å². The fraction of sp³-hybridized carbons (Fsp3) is 0.588. The Bertz CT molecular complexity index is 490. The van der Waals surface area contributed by atoms with Gasteiger partial charge in [-0.15, -0.1) is 0 Å². The van der Waals surface area contributed by atoms with Gasteiger partial charge in [-0.2, -0.15) is 0 Å². The normalized spacial score (nSPS) is 19.5. The van der Waals surface area contributed by atoms with Crippen molar-refractivity contribution >= 4 is 5.91 Å². The largest absolute Gasteiger partial charge is 0.352 e. The van der Waals surface area contributed by atoms with Crippen LogP contribution in [0, 0.1) is 12.7 Å². The first-order chi connectivity index (χ1) is 10.1. The summed E-state index contributed by atoms with van der Waals surface area (Å²) in [6.45, 7) is 6.86. The van der Waals surface area contributed by atoms with Crippen molar-refractivity contribution in [2.24, 2.45) is 0 Å². The van der Waals surface area contributed by atoms with Crippen LogP contribution >= 0.6 is 0 Å². The van der Waals surface area contributed by atoms with E-state index in [1.54, 1.807) is 12.1 Å². The average Bonchev–Trinajstić information content (AvgIpc) is 2.47. The molecule has 1 unspecified atom stereocenters. The van der Waals surface area contributed by atoms with E-state index >= 15 is 0 Å². The van der Waals surface area contributed by atoms with E-state index < -0.39 is 5.82 Å². The van der Waals surface area contributed by atoms with Gasteiger partial charge in [0, 0.05) is 19.1 Å². The van der Waals surface area contributed by atoms with Crippen LogP contribution in [-0.4, -0.2) is 36.5 Å². The molecule has 1 aliphatic heterocycles. The Morgan fingerprint density at radius 3 is 3.00 bits per heavy atom. The van der Waals surface area contributed by atoms with Crippen molar-refractivity contribution in [2.75, 3.05) is 19.6 Å². The fourth-order valence-electron chi connectivity index (χ4n) is 2.88. The second-order valence-corrected chi connectivity index (χ2v) is 5.97. The Balaban J connectivity index is 1.75. The maximum atomic E-state index is 13.6. The lowest BCUT2D eigenvalue weighted by atomic mass is 10.0. The predicted octanol–water partition coefficient (Wildman–Crippen LogP) is 3.13. The molecule has 1 N–H and O–H groups in total. The molecule has 1 atom stereocenters. The van der Waals surface area contributed by atoms with Gasteiger partial charge in [0.1, 0.15) is 5.82 Å². The SMILES string of the molecule is Cc1ccc(F)c(C(=O)NCCCN2CCCCC2C)c1. The van der Waals surface area contributed by atoms with E-state index in [1.807, 2.05) is 6.92 Å². The molecule has 0 bridgehead atoms. The van der Waals surface area contributed by atoms with Crippen molar-refractivity contribution in [3.05, 3.63) is 35.1 Å². The quantitative estimate of drug-likeness (QED) is 0.846. The molecule has 3 nitrogen and oxygen atoms in total. The summed E-state index contributed by atoms with van der Waals surface area (Å²) in [5.74, 6) is -0.773. The van der Waals surface area contributed by atoms with Crippen LogP contribution in [0.25, 0.3) is 0 Å². The van der Waals surface area contributed by atoms with Gasteiger partial charge in [-0.25, -0.2) is 4.39 Å². The van der Waals surface area contributed by atoms with Crippen LogP contribution in [-0.2, 0) is 0 Å². The van der Waals surface area contributed by atoms with Crippen LogP contribution in [0.1, 0.15) is 48.5 Å². The maximum absolute atomic E-state index is 13.6. The lowest BCUT2D eigenvalue weighted by Crippen LogP contribution is -2.39. The highest BCUT2D eigenvalue weighted by Gasteiger charge is 2.17. The monoisotopic (exact) mass is 292 g/mol. The van der Waals surface area contributed by atoms with E-state index in [1.165, 1.54) is 25.3 Å². The minimum atomic E-state index is -0.456. The van der Waals surface area contributed by atoms with Crippen molar-refractivity contribution in [3.8, 4) is 0 Å². The van der Waals surface area contributed by atoms with Gasteiger partial charge in [-0.3, -0.25) is 4.79 Å². The third kappa shape index (κ3) is 4.53. The van der Waals surface area contributed by atoms with Crippen molar-refractivity contribution < 1.29 is 9.18 Å². The van der Waals surface area contributed by atoms with E-state index in [2.05, 4.69) is 17.1 Å².